The van der Waals surface area contributed by atoms with E-state index in [-0.39, 0.29) is 6.09 Å². The van der Waals surface area contributed by atoms with Gasteiger partial charge < -0.3 is 15.4 Å². The number of carbonyl (C=O) groups is 1. The third-order valence-electron chi connectivity index (χ3n) is 3.44. The van der Waals surface area contributed by atoms with Crippen LogP contribution in [0, 0.1) is 5.92 Å². The van der Waals surface area contributed by atoms with Gasteiger partial charge in [0.1, 0.15) is 5.60 Å². The first-order chi connectivity index (χ1) is 8.94. The Labute approximate surface area is 120 Å². The highest BCUT2D eigenvalue weighted by atomic mass is 32.2. The molecule has 0 aromatic rings. The Morgan fingerprint density at radius 2 is 2.11 bits per heavy atom. The van der Waals surface area contributed by atoms with Gasteiger partial charge in [-0.1, -0.05) is 0 Å². The maximum absolute atomic E-state index is 11.7. The van der Waals surface area contributed by atoms with Gasteiger partial charge in [-0.3, -0.25) is 0 Å². The zero-order valence-electron chi connectivity index (χ0n) is 12.2. The van der Waals surface area contributed by atoms with E-state index in [9.17, 15) is 4.79 Å². The SMILES string of the molecule is CC(C)(C)OC(=O)NCC(NC1CCSC1)C1CC1. The van der Waals surface area contributed by atoms with Gasteiger partial charge in [0.15, 0.2) is 0 Å². The van der Waals surface area contributed by atoms with E-state index in [4.69, 9.17) is 4.74 Å². The van der Waals surface area contributed by atoms with Crippen LogP contribution < -0.4 is 10.6 Å². The molecule has 1 saturated heterocycles. The Kier molecular flexibility index (Phi) is 5.01. The van der Waals surface area contributed by atoms with Crippen molar-refractivity contribution in [1.29, 1.82) is 0 Å². The monoisotopic (exact) mass is 286 g/mol. The van der Waals surface area contributed by atoms with Crippen molar-refractivity contribution in [3.63, 3.8) is 0 Å². The van der Waals surface area contributed by atoms with Crippen molar-refractivity contribution in [3.05, 3.63) is 0 Å². The standard InChI is InChI=1S/C14H26N2O2S/c1-14(2,3)18-13(17)15-8-12(10-4-5-10)16-11-6-7-19-9-11/h10-12,16H,4-9H2,1-3H3,(H,15,17). The first-order valence-corrected chi connectivity index (χ1v) is 8.40. The van der Waals surface area contributed by atoms with Crippen molar-refractivity contribution in [2.75, 3.05) is 18.1 Å². The Morgan fingerprint density at radius 3 is 2.63 bits per heavy atom. The minimum absolute atomic E-state index is 0.305. The highest BCUT2D eigenvalue weighted by molar-refractivity contribution is 7.99. The van der Waals surface area contributed by atoms with Crippen LogP contribution in [-0.4, -0.2) is 41.8 Å². The number of hydrogen-bond donors (Lipinski definition) is 2. The molecule has 1 amide bonds. The van der Waals surface area contributed by atoms with E-state index in [1.54, 1.807) is 0 Å². The molecule has 110 valence electrons. The van der Waals surface area contributed by atoms with Gasteiger partial charge in [-0.05, 0) is 51.7 Å². The molecule has 2 aliphatic rings. The van der Waals surface area contributed by atoms with E-state index in [1.807, 2.05) is 32.5 Å². The van der Waals surface area contributed by atoms with E-state index in [1.165, 1.54) is 30.8 Å². The van der Waals surface area contributed by atoms with Crippen LogP contribution in [0.25, 0.3) is 0 Å². The van der Waals surface area contributed by atoms with Crippen molar-refractivity contribution in [3.8, 4) is 0 Å². The molecule has 1 aliphatic carbocycles. The number of hydrogen-bond acceptors (Lipinski definition) is 4. The Morgan fingerprint density at radius 1 is 1.37 bits per heavy atom. The maximum Gasteiger partial charge on any atom is 0.407 e. The molecule has 0 aromatic heterocycles. The Balaban J connectivity index is 1.72. The summed E-state index contributed by atoms with van der Waals surface area (Å²) in [5, 5.41) is 6.61. The van der Waals surface area contributed by atoms with Crippen LogP contribution in [0.2, 0.25) is 0 Å². The zero-order valence-corrected chi connectivity index (χ0v) is 13.0. The van der Waals surface area contributed by atoms with Gasteiger partial charge in [0.2, 0.25) is 0 Å². The first kappa shape index (κ1) is 15.0. The number of thioether (sulfide) groups is 1. The predicted molar refractivity (Wildman–Crippen MR) is 79.6 cm³/mol. The second-order valence-corrected chi connectivity index (χ2v) is 7.70. The number of nitrogens with one attached hydrogen (secondary N) is 2. The average Bonchev–Trinajstić information content (AvgIpc) is 3.00. The van der Waals surface area contributed by atoms with Crippen molar-refractivity contribution in [2.45, 2.75) is 57.7 Å². The molecule has 0 bridgehead atoms. The molecule has 4 nitrogen and oxygen atoms in total. The summed E-state index contributed by atoms with van der Waals surface area (Å²) in [6.45, 7) is 6.34. The number of ether oxygens (including phenoxy) is 1. The highest BCUT2D eigenvalue weighted by Gasteiger charge is 2.33. The van der Waals surface area contributed by atoms with Crippen LogP contribution in [0.15, 0.2) is 0 Å². The van der Waals surface area contributed by atoms with Crippen LogP contribution in [0.4, 0.5) is 4.79 Å². The van der Waals surface area contributed by atoms with E-state index < -0.39 is 5.60 Å². The molecule has 2 rings (SSSR count). The van der Waals surface area contributed by atoms with Crippen LogP contribution >= 0.6 is 11.8 Å². The fourth-order valence-corrected chi connectivity index (χ4v) is 3.50. The molecular formula is C14H26N2O2S. The molecule has 2 fully saturated rings. The largest absolute Gasteiger partial charge is 0.444 e. The van der Waals surface area contributed by atoms with Gasteiger partial charge in [-0.25, -0.2) is 4.79 Å². The fourth-order valence-electron chi connectivity index (χ4n) is 2.34. The topological polar surface area (TPSA) is 50.4 Å². The average molecular weight is 286 g/mol. The summed E-state index contributed by atoms with van der Waals surface area (Å²) in [6, 6.07) is 1.03. The van der Waals surface area contributed by atoms with Crippen molar-refractivity contribution < 1.29 is 9.53 Å². The minimum Gasteiger partial charge on any atom is -0.444 e. The molecule has 0 spiro atoms. The Bertz CT molecular complexity index is 307. The first-order valence-electron chi connectivity index (χ1n) is 7.25. The zero-order chi connectivity index (χ0) is 13.9. The smallest absolute Gasteiger partial charge is 0.407 e. The van der Waals surface area contributed by atoms with E-state index in [2.05, 4.69) is 10.6 Å². The van der Waals surface area contributed by atoms with Crippen molar-refractivity contribution in [2.24, 2.45) is 5.92 Å². The lowest BCUT2D eigenvalue weighted by Gasteiger charge is -2.24. The molecule has 1 saturated carbocycles. The molecule has 5 heteroatoms. The molecule has 1 heterocycles. The quantitative estimate of drug-likeness (QED) is 0.815. The Hall–Kier alpha value is -0.420. The summed E-state index contributed by atoms with van der Waals surface area (Å²) in [4.78, 5) is 11.7. The van der Waals surface area contributed by atoms with Crippen LogP contribution in [0.3, 0.4) is 0 Å². The lowest BCUT2D eigenvalue weighted by molar-refractivity contribution is 0.0520. The summed E-state index contributed by atoms with van der Waals surface area (Å²) in [5.74, 6) is 3.20. The van der Waals surface area contributed by atoms with Crippen molar-refractivity contribution in [1.82, 2.24) is 10.6 Å². The summed E-state index contributed by atoms with van der Waals surface area (Å²) < 4.78 is 5.28. The van der Waals surface area contributed by atoms with Crippen molar-refractivity contribution >= 4 is 17.9 Å². The number of alkyl carbamates (subject to hydrolysis) is 1. The van der Waals surface area contributed by atoms with Crippen LogP contribution in [0.1, 0.15) is 40.0 Å². The lowest BCUT2D eigenvalue weighted by atomic mass is 10.1. The van der Waals surface area contributed by atoms with E-state index in [0.717, 1.165) is 5.92 Å². The summed E-state index contributed by atoms with van der Waals surface area (Å²) in [6.07, 6.45) is 3.52. The van der Waals surface area contributed by atoms with Crippen LogP contribution in [-0.2, 0) is 4.74 Å². The third kappa shape index (κ3) is 5.61. The summed E-state index contributed by atoms with van der Waals surface area (Å²) in [5.41, 5.74) is -0.422. The van der Waals surface area contributed by atoms with Crippen LogP contribution in [0.5, 0.6) is 0 Å². The number of amides is 1. The van der Waals surface area contributed by atoms with E-state index in [0.29, 0.717) is 18.6 Å². The van der Waals surface area contributed by atoms with E-state index >= 15 is 0 Å². The van der Waals surface area contributed by atoms with Gasteiger partial charge in [0.05, 0.1) is 0 Å². The molecule has 2 atom stereocenters. The predicted octanol–water partition coefficient (Wildman–Crippen LogP) is 2.38. The van der Waals surface area contributed by atoms with Gasteiger partial charge in [0, 0.05) is 24.4 Å². The van der Waals surface area contributed by atoms with Gasteiger partial charge in [0.25, 0.3) is 0 Å². The third-order valence-corrected chi connectivity index (χ3v) is 4.60. The molecule has 19 heavy (non-hydrogen) atoms. The molecular weight excluding hydrogens is 260 g/mol. The lowest BCUT2D eigenvalue weighted by Crippen LogP contribution is -2.47. The summed E-state index contributed by atoms with van der Waals surface area (Å²) in [7, 11) is 0. The normalized spacial score (nSPS) is 25.1. The fraction of sp³-hybridized carbons (Fsp3) is 0.929. The number of carbonyl (C=O) groups excluding carboxylic acids is 1. The highest BCUT2D eigenvalue weighted by Crippen LogP contribution is 2.33. The van der Waals surface area contributed by atoms with Gasteiger partial charge in [-0.15, -0.1) is 0 Å². The van der Waals surface area contributed by atoms with Gasteiger partial charge in [-0.2, -0.15) is 11.8 Å². The minimum atomic E-state index is -0.422. The molecule has 2 N–H and O–H groups in total. The molecule has 0 radical (unpaired) electrons. The number of rotatable bonds is 5. The summed E-state index contributed by atoms with van der Waals surface area (Å²) >= 11 is 2.01. The molecule has 2 unspecified atom stereocenters. The maximum atomic E-state index is 11.7. The van der Waals surface area contributed by atoms with Gasteiger partial charge >= 0.3 is 6.09 Å². The molecule has 0 aromatic carbocycles. The second-order valence-electron chi connectivity index (χ2n) is 6.55. The second kappa shape index (κ2) is 6.35. The molecule has 1 aliphatic heterocycles.